The average Bonchev–Trinajstić information content (AvgIpc) is 2.83. The fraction of sp³-hybridized carbons (Fsp3) is 0.667. The highest BCUT2D eigenvalue weighted by Crippen LogP contribution is 2.41. The summed E-state index contributed by atoms with van der Waals surface area (Å²) in [5, 5.41) is 3.82. The number of nitrogens with zero attached hydrogens (tertiary/aromatic N) is 1. The largest absolute Gasteiger partial charge is 0.361 e. The lowest BCUT2D eigenvalue weighted by molar-refractivity contribution is 0.379. The molecule has 1 heterocycles. The molecule has 2 rings (SSSR count). The number of nitrogens with two attached hydrogens (primary N) is 1. The van der Waals surface area contributed by atoms with Crippen LogP contribution in [-0.2, 0) is 6.42 Å². The summed E-state index contributed by atoms with van der Waals surface area (Å²) in [4.78, 5) is 0. The summed E-state index contributed by atoms with van der Waals surface area (Å²) in [7, 11) is 0. The SMILES string of the molecule is NCCCc1oncc1C1CC1. The molecular weight excluding hydrogens is 152 g/mol. The van der Waals surface area contributed by atoms with E-state index in [0.717, 1.165) is 31.1 Å². The van der Waals surface area contributed by atoms with Crippen molar-refractivity contribution in [3.05, 3.63) is 17.5 Å². The predicted molar refractivity (Wildman–Crippen MR) is 45.9 cm³/mol. The first-order chi connectivity index (χ1) is 5.92. The molecule has 0 radical (unpaired) electrons. The van der Waals surface area contributed by atoms with E-state index >= 15 is 0 Å². The van der Waals surface area contributed by atoms with Crippen LogP contribution in [0.4, 0.5) is 0 Å². The lowest BCUT2D eigenvalue weighted by Crippen LogP contribution is -2.00. The molecule has 0 atom stereocenters. The van der Waals surface area contributed by atoms with Crippen LogP contribution in [0.5, 0.6) is 0 Å². The minimum absolute atomic E-state index is 0.727. The van der Waals surface area contributed by atoms with E-state index in [9.17, 15) is 0 Å². The van der Waals surface area contributed by atoms with Gasteiger partial charge in [-0.15, -0.1) is 0 Å². The highest BCUT2D eigenvalue weighted by atomic mass is 16.5. The van der Waals surface area contributed by atoms with Crippen LogP contribution in [0.25, 0.3) is 0 Å². The van der Waals surface area contributed by atoms with E-state index in [1.165, 1.54) is 18.4 Å². The van der Waals surface area contributed by atoms with Crippen molar-refractivity contribution in [3.63, 3.8) is 0 Å². The summed E-state index contributed by atoms with van der Waals surface area (Å²) >= 11 is 0. The number of hydrogen-bond acceptors (Lipinski definition) is 3. The van der Waals surface area contributed by atoms with Gasteiger partial charge >= 0.3 is 0 Å². The van der Waals surface area contributed by atoms with Gasteiger partial charge in [0.1, 0.15) is 5.76 Å². The molecule has 3 heteroatoms. The second-order valence-corrected chi connectivity index (χ2v) is 3.37. The van der Waals surface area contributed by atoms with Crippen LogP contribution >= 0.6 is 0 Å². The third-order valence-electron chi connectivity index (χ3n) is 2.30. The Morgan fingerprint density at radius 3 is 3.08 bits per heavy atom. The molecular formula is C9H14N2O. The number of hydrogen-bond donors (Lipinski definition) is 1. The maximum atomic E-state index is 5.42. The molecule has 0 saturated heterocycles. The van der Waals surface area contributed by atoms with Gasteiger partial charge in [-0.05, 0) is 31.7 Å². The van der Waals surface area contributed by atoms with Gasteiger partial charge in [-0.1, -0.05) is 5.16 Å². The Hall–Kier alpha value is -0.830. The normalized spacial score (nSPS) is 16.8. The fourth-order valence-corrected chi connectivity index (χ4v) is 1.45. The summed E-state index contributed by atoms with van der Waals surface area (Å²) < 4.78 is 5.16. The van der Waals surface area contributed by atoms with E-state index in [1.54, 1.807) is 0 Å². The minimum Gasteiger partial charge on any atom is -0.361 e. The minimum atomic E-state index is 0.727. The molecule has 1 aliphatic carbocycles. The Bertz CT molecular complexity index is 253. The monoisotopic (exact) mass is 166 g/mol. The Balaban J connectivity index is 2.03. The van der Waals surface area contributed by atoms with Gasteiger partial charge in [-0.2, -0.15) is 0 Å². The molecule has 1 fully saturated rings. The van der Waals surface area contributed by atoms with Crippen LogP contribution in [0, 0.1) is 0 Å². The van der Waals surface area contributed by atoms with Crippen LogP contribution in [0.2, 0.25) is 0 Å². The van der Waals surface area contributed by atoms with E-state index in [1.807, 2.05) is 6.20 Å². The van der Waals surface area contributed by atoms with Crippen molar-refractivity contribution in [2.24, 2.45) is 5.73 Å². The van der Waals surface area contributed by atoms with Crippen LogP contribution < -0.4 is 5.73 Å². The third kappa shape index (κ3) is 1.50. The fourth-order valence-electron chi connectivity index (χ4n) is 1.45. The summed E-state index contributed by atoms with van der Waals surface area (Å²) in [6.45, 7) is 0.727. The molecule has 0 bridgehead atoms. The molecule has 2 N–H and O–H groups in total. The summed E-state index contributed by atoms with van der Waals surface area (Å²) in [6.07, 6.45) is 6.41. The predicted octanol–water partition coefficient (Wildman–Crippen LogP) is 1.44. The van der Waals surface area contributed by atoms with Crippen LogP contribution in [0.15, 0.2) is 10.7 Å². The zero-order valence-electron chi connectivity index (χ0n) is 7.12. The van der Waals surface area contributed by atoms with E-state index in [0.29, 0.717) is 0 Å². The number of aromatic nitrogens is 1. The highest BCUT2D eigenvalue weighted by Gasteiger charge is 2.28. The molecule has 1 aliphatic rings. The van der Waals surface area contributed by atoms with Crippen molar-refractivity contribution in [1.29, 1.82) is 0 Å². The topological polar surface area (TPSA) is 52.0 Å². The standard InChI is InChI=1S/C9H14N2O/c10-5-1-2-9-8(6-11-12-9)7-3-4-7/h6-7H,1-5,10H2. The van der Waals surface area contributed by atoms with Crippen molar-refractivity contribution >= 4 is 0 Å². The zero-order valence-corrected chi connectivity index (χ0v) is 7.12. The maximum absolute atomic E-state index is 5.42. The van der Waals surface area contributed by atoms with Crippen molar-refractivity contribution in [1.82, 2.24) is 5.16 Å². The van der Waals surface area contributed by atoms with Crippen molar-refractivity contribution in [2.75, 3.05) is 6.54 Å². The van der Waals surface area contributed by atoms with Crippen LogP contribution in [0.1, 0.15) is 36.5 Å². The Labute approximate surface area is 71.9 Å². The Morgan fingerprint density at radius 2 is 2.42 bits per heavy atom. The molecule has 0 amide bonds. The summed E-state index contributed by atoms with van der Waals surface area (Å²) in [5.74, 6) is 1.80. The second kappa shape index (κ2) is 3.27. The molecule has 1 aromatic heterocycles. The molecule has 66 valence electrons. The van der Waals surface area contributed by atoms with E-state index in [-0.39, 0.29) is 0 Å². The smallest absolute Gasteiger partial charge is 0.140 e. The van der Waals surface area contributed by atoms with Gasteiger partial charge in [0, 0.05) is 12.0 Å². The van der Waals surface area contributed by atoms with E-state index in [4.69, 9.17) is 10.3 Å². The second-order valence-electron chi connectivity index (χ2n) is 3.37. The molecule has 12 heavy (non-hydrogen) atoms. The summed E-state index contributed by atoms with van der Waals surface area (Å²) in [5.41, 5.74) is 6.75. The van der Waals surface area contributed by atoms with Gasteiger partial charge in [0.25, 0.3) is 0 Å². The molecule has 0 spiro atoms. The van der Waals surface area contributed by atoms with Crippen molar-refractivity contribution in [2.45, 2.75) is 31.6 Å². The summed E-state index contributed by atoms with van der Waals surface area (Å²) in [6, 6.07) is 0. The van der Waals surface area contributed by atoms with Gasteiger partial charge < -0.3 is 10.3 Å². The Kier molecular flexibility index (Phi) is 2.13. The van der Waals surface area contributed by atoms with Gasteiger partial charge in [0.05, 0.1) is 6.20 Å². The third-order valence-corrected chi connectivity index (χ3v) is 2.30. The first-order valence-electron chi connectivity index (χ1n) is 4.55. The van der Waals surface area contributed by atoms with Gasteiger partial charge in [0.2, 0.25) is 0 Å². The first kappa shape index (κ1) is 7.80. The lowest BCUT2D eigenvalue weighted by Gasteiger charge is -1.96. The maximum Gasteiger partial charge on any atom is 0.140 e. The van der Waals surface area contributed by atoms with Gasteiger partial charge in [0.15, 0.2) is 0 Å². The highest BCUT2D eigenvalue weighted by molar-refractivity contribution is 5.23. The van der Waals surface area contributed by atoms with Crippen LogP contribution in [-0.4, -0.2) is 11.7 Å². The van der Waals surface area contributed by atoms with Crippen LogP contribution in [0.3, 0.4) is 0 Å². The molecule has 0 aliphatic heterocycles. The molecule has 0 aromatic carbocycles. The Morgan fingerprint density at radius 1 is 1.58 bits per heavy atom. The van der Waals surface area contributed by atoms with Gasteiger partial charge in [-0.25, -0.2) is 0 Å². The molecule has 1 aromatic rings. The number of rotatable bonds is 4. The lowest BCUT2D eigenvalue weighted by atomic mass is 10.1. The zero-order chi connectivity index (χ0) is 8.39. The first-order valence-corrected chi connectivity index (χ1v) is 4.55. The number of aryl methyl sites for hydroxylation is 1. The molecule has 1 saturated carbocycles. The van der Waals surface area contributed by atoms with Gasteiger partial charge in [-0.3, -0.25) is 0 Å². The quantitative estimate of drug-likeness (QED) is 0.736. The van der Waals surface area contributed by atoms with E-state index < -0.39 is 0 Å². The van der Waals surface area contributed by atoms with Crippen molar-refractivity contribution < 1.29 is 4.52 Å². The molecule has 3 nitrogen and oxygen atoms in total. The molecule has 0 unspecified atom stereocenters. The van der Waals surface area contributed by atoms with Crippen molar-refractivity contribution in [3.8, 4) is 0 Å². The average molecular weight is 166 g/mol. The van der Waals surface area contributed by atoms with E-state index in [2.05, 4.69) is 5.16 Å².